The zero-order valence-electron chi connectivity index (χ0n) is 12.8. The van der Waals surface area contributed by atoms with Gasteiger partial charge in [-0.15, -0.1) is 0 Å². The molecule has 0 spiro atoms. The molecule has 1 atom stereocenters. The summed E-state index contributed by atoms with van der Waals surface area (Å²) in [6.07, 6.45) is 4.93. The molecule has 0 radical (unpaired) electrons. The molecule has 2 aromatic heterocycles. The minimum Gasteiger partial charge on any atom is -0.275 e. The van der Waals surface area contributed by atoms with E-state index in [9.17, 15) is 0 Å². The fraction of sp³-hybridized carbons (Fsp3) is 0.222. The molecule has 0 aliphatic heterocycles. The number of benzene rings is 2. The van der Waals surface area contributed by atoms with Crippen molar-refractivity contribution in [3.63, 3.8) is 0 Å². The Hall–Kier alpha value is -2.62. The van der Waals surface area contributed by atoms with Gasteiger partial charge in [-0.3, -0.25) is 9.36 Å². The van der Waals surface area contributed by atoms with E-state index in [1.54, 1.807) is 0 Å². The zero-order chi connectivity index (χ0) is 15.1. The Morgan fingerprint density at radius 1 is 1.09 bits per heavy atom. The molecule has 0 fully saturated rings. The van der Waals surface area contributed by atoms with Gasteiger partial charge >= 0.3 is 0 Å². The van der Waals surface area contributed by atoms with Crippen LogP contribution in [0.25, 0.3) is 21.8 Å². The van der Waals surface area contributed by atoms with E-state index in [0.717, 1.165) is 11.9 Å². The standard InChI is InChI=1S/C18H18N4/c1-13(22-18-6-4-3-5-15(18)11-19-22)9-14-7-8-16-12-21(2)20-17(16)10-14/h3-8,10-13H,9H2,1-2H3. The molecule has 0 N–H and O–H groups in total. The van der Waals surface area contributed by atoms with E-state index < -0.39 is 0 Å². The van der Waals surface area contributed by atoms with Crippen molar-refractivity contribution in [2.24, 2.45) is 7.05 Å². The quantitative estimate of drug-likeness (QED) is 0.576. The van der Waals surface area contributed by atoms with Crippen LogP contribution in [0.1, 0.15) is 18.5 Å². The third kappa shape index (κ3) is 2.17. The normalized spacial score (nSPS) is 13.0. The van der Waals surface area contributed by atoms with Crippen molar-refractivity contribution in [3.05, 3.63) is 60.4 Å². The SMILES string of the molecule is CC(Cc1ccc2cn(C)nc2c1)n1ncc2ccccc21. The highest BCUT2D eigenvalue weighted by Gasteiger charge is 2.11. The van der Waals surface area contributed by atoms with Crippen LogP contribution in [0.3, 0.4) is 0 Å². The smallest absolute Gasteiger partial charge is 0.0925 e. The molecule has 110 valence electrons. The maximum absolute atomic E-state index is 4.55. The summed E-state index contributed by atoms with van der Waals surface area (Å²) < 4.78 is 3.97. The van der Waals surface area contributed by atoms with E-state index in [1.807, 2.05) is 30.2 Å². The van der Waals surface area contributed by atoms with Crippen LogP contribution in [0.2, 0.25) is 0 Å². The van der Waals surface area contributed by atoms with Gasteiger partial charge in [-0.1, -0.05) is 30.3 Å². The molecule has 0 aliphatic carbocycles. The van der Waals surface area contributed by atoms with E-state index in [2.05, 4.69) is 58.2 Å². The van der Waals surface area contributed by atoms with Crippen LogP contribution in [0.4, 0.5) is 0 Å². The van der Waals surface area contributed by atoms with Gasteiger partial charge in [0.1, 0.15) is 0 Å². The van der Waals surface area contributed by atoms with Gasteiger partial charge in [-0.25, -0.2) is 0 Å². The molecule has 4 rings (SSSR count). The lowest BCUT2D eigenvalue weighted by Crippen LogP contribution is -2.09. The van der Waals surface area contributed by atoms with Crippen LogP contribution in [0.15, 0.2) is 54.9 Å². The van der Waals surface area contributed by atoms with Crippen molar-refractivity contribution >= 4 is 21.8 Å². The summed E-state index contributed by atoms with van der Waals surface area (Å²) in [7, 11) is 1.96. The molecule has 0 bridgehead atoms. The third-order valence-corrected chi connectivity index (χ3v) is 4.14. The van der Waals surface area contributed by atoms with E-state index in [1.165, 1.54) is 21.9 Å². The zero-order valence-corrected chi connectivity index (χ0v) is 12.8. The predicted octanol–water partition coefficient (Wildman–Crippen LogP) is 3.73. The summed E-state index contributed by atoms with van der Waals surface area (Å²) in [5.41, 5.74) is 3.53. The monoisotopic (exact) mass is 290 g/mol. The van der Waals surface area contributed by atoms with Gasteiger partial charge in [0.25, 0.3) is 0 Å². The molecular weight excluding hydrogens is 272 g/mol. The van der Waals surface area contributed by atoms with Gasteiger partial charge in [0.2, 0.25) is 0 Å². The summed E-state index contributed by atoms with van der Waals surface area (Å²) in [4.78, 5) is 0. The second kappa shape index (κ2) is 4.98. The summed E-state index contributed by atoms with van der Waals surface area (Å²) >= 11 is 0. The first kappa shape index (κ1) is 13.1. The van der Waals surface area contributed by atoms with Crippen molar-refractivity contribution < 1.29 is 0 Å². The fourth-order valence-electron chi connectivity index (χ4n) is 3.08. The highest BCUT2D eigenvalue weighted by atomic mass is 15.3. The Bertz CT molecular complexity index is 948. The van der Waals surface area contributed by atoms with E-state index in [-0.39, 0.29) is 0 Å². The summed E-state index contributed by atoms with van der Waals surface area (Å²) in [5, 5.41) is 11.4. The number of para-hydroxylation sites is 1. The second-order valence-electron chi connectivity index (χ2n) is 5.90. The Labute approximate surface area is 129 Å². The van der Waals surface area contributed by atoms with Crippen LogP contribution >= 0.6 is 0 Å². The predicted molar refractivity (Wildman–Crippen MR) is 88.9 cm³/mol. The molecule has 22 heavy (non-hydrogen) atoms. The number of hydrogen-bond donors (Lipinski definition) is 0. The lowest BCUT2D eigenvalue weighted by atomic mass is 10.1. The Balaban J connectivity index is 1.66. The first-order chi connectivity index (χ1) is 10.7. The highest BCUT2D eigenvalue weighted by molar-refractivity contribution is 5.79. The second-order valence-corrected chi connectivity index (χ2v) is 5.90. The lowest BCUT2D eigenvalue weighted by molar-refractivity contribution is 0.505. The third-order valence-electron chi connectivity index (χ3n) is 4.14. The number of rotatable bonds is 3. The number of hydrogen-bond acceptors (Lipinski definition) is 2. The average molecular weight is 290 g/mol. The lowest BCUT2D eigenvalue weighted by Gasteiger charge is -2.13. The maximum Gasteiger partial charge on any atom is 0.0925 e. The minimum atomic E-state index is 0.307. The van der Waals surface area contributed by atoms with Crippen molar-refractivity contribution in [3.8, 4) is 0 Å². The molecule has 2 aromatic carbocycles. The first-order valence-corrected chi connectivity index (χ1v) is 7.55. The van der Waals surface area contributed by atoms with Crippen molar-refractivity contribution in [2.45, 2.75) is 19.4 Å². The minimum absolute atomic E-state index is 0.307. The number of fused-ring (bicyclic) bond motifs is 2. The molecule has 0 aliphatic rings. The van der Waals surface area contributed by atoms with Crippen molar-refractivity contribution in [2.75, 3.05) is 0 Å². The van der Waals surface area contributed by atoms with E-state index >= 15 is 0 Å². The van der Waals surface area contributed by atoms with Crippen LogP contribution in [-0.2, 0) is 13.5 Å². The Morgan fingerprint density at radius 3 is 2.86 bits per heavy atom. The number of aromatic nitrogens is 4. The molecular formula is C18H18N4. The van der Waals surface area contributed by atoms with E-state index in [4.69, 9.17) is 0 Å². The molecule has 4 nitrogen and oxygen atoms in total. The first-order valence-electron chi connectivity index (χ1n) is 7.55. The van der Waals surface area contributed by atoms with Crippen LogP contribution in [0, 0.1) is 0 Å². The van der Waals surface area contributed by atoms with Gasteiger partial charge < -0.3 is 0 Å². The molecule has 0 amide bonds. The average Bonchev–Trinajstić information content (AvgIpc) is 3.09. The van der Waals surface area contributed by atoms with Crippen LogP contribution in [0.5, 0.6) is 0 Å². The summed E-state index contributed by atoms with van der Waals surface area (Å²) in [6.45, 7) is 2.21. The van der Waals surface area contributed by atoms with Crippen molar-refractivity contribution in [1.29, 1.82) is 0 Å². The Morgan fingerprint density at radius 2 is 1.95 bits per heavy atom. The molecule has 4 heteroatoms. The van der Waals surface area contributed by atoms with E-state index in [0.29, 0.717) is 6.04 Å². The van der Waals surface area contributed by atoms with Gasteiger partial charge in [0.15, 0.2) is 0 Å². The molecule has 2 heterocycles. The number of nitrogens with zero attached hydrogens (tertiary/aromatic N) is 4. The molecule has 4 aromatic rings. The van der Waals surface area contributed by atoms with Gasteiger partial charge in [-0.05, 0) is 31.0 Å². The Kier molecular flexibility index (Phi) is 2.96. The van der Waals surface area contributed by atoms with Crippen LogP contribution < -0.4 is 0 Å². The largest absolute Gasteiger partial charge is 0.275 e. The van der Waals surface area contributed by atoms with Gasteiger partial charge in [-0.2, -0.15) is 10.2 Å². The number of aryl methyl sites for hydroxylation is 1. The molecule has 0 saturated heterocycles. The fourth-order valence-corrected chi connectivity index (χ4v) is 3.08. The topological polar surface area (TPSA) is 35.6 Å². The highest BCUT2D eigenvalue weighted by Crippen LogP contribution is 2.22. The maximum atomic E-state index is 4.55. The molecule has 1 unspecified atom stereocenters. The molecule has 0 saturated carbocycles. The van der Waals surface area contributed by atoms with Gasteiger partial charge in [0, 0.05) is 24.0 Å². The summed E-state index contributed by atoms with van der Waals surface area (Å²) in [6, 6.07) is 15.2. The summed E-state index contributed by atoms with van der Waals surface area (Å²) in [5.74, 6) is 0. The van der Waals surface area contributed by atoms with Crippen molar-refractivity contribution in [1.82, 2.24) is 19.6 Å². The van der Waals surface area contributed by atoms with Gasteiger partial charge in [0.05, 0.1) is 23.3 Å². The van der Waals surface area contributed by atoms with Crippen LogP contribution in [-0.4, -0.2) is 19.6 Å².